The van der Waals surface area contributed by atoms with Gasteiger partial charge in [-0.05, 0) is 56.4 Å². The minimum atomic E-state index is 0.0626. The number of H-pyrrole nitrogens is 1. The zero-order valence-corrected chi connectivity index (χ0v) is 13.1. The van der Waals surface area contributed by atoms with Crippen molar-refractivity contribution < 1.29 is 4.79 Å². The predicted molar refractivity (Wildman–Crippen MR) is 85.3 cm³/mol. The normalized spacial score (nSPS) is 36.9. The minimum absolute atomic E-state index is 0.0626. The molecular weight excluding hydrogens is 276 g/mol. The van der Waals surface area contributed by atoms with E-state index >= 15 is 0 Å². The van der Waals surface area contributed by atoms with Crippen LogP contribution in [-0.4, -0.2) is 22.6 Å². The molecule has 1 amide bonds. The Kier molecular flexibility index (Phi) is 3.68. The van der Waals surface area contributed by atoms with Gasteiger partial charge in [-0.25, -0.2) is 0 Å². The van der Waals surface area contributed by atoms with E-state index in [9.17, 15) is 4.79 Å². The minimum Gasteiger partial charge on any atom is -0.330 e. The summed E-state index contributed by atoms with van der Waals surface area (Å²) < 4.78 is 0. The van der Waals surface area contributed by atoms with Gasteiger partial charge in [-0.1, -0.05) is 12.8 Å². The molecule has 0 spiro atoms. The van der Waals surface area contributed by atoms with E-state index in [1.807, 2.05) is 0 Å². The number of hydrogen-bond acceptors (Lipinski definition) is 3. The van der Waals surface area contributed by atoms with Gasteiger partial charge in [0, 0.05) is 23.6 Å². The van der Waals surface area contributed by atoms with E-state index in [0.717, 1.165) is 31.1 Å². The van der Waals surface area contributed by atoms with Crippen molar-refractivity contribution in [2.75, 3.05) is 11.9 Å². The summed E-state index contributed by atoms with van der Waals surface area (Å²) in [7, 11) is 0. The highest BCUT2D eigenvalue weighted by molar-refractivity contribution is 5.92. The summed E-state index contributed by atoms with van der Waals surface area (Å²) in [6.07, 6.45) is 8.57. The standard InChI is InChI=1S/C17H26N4O/c18-9-12-2-1-3-13(12)17(22)19-16-8-15(20-21-16)14-7-10-4-5-11(14)6-10/h8,10-14H,1-7,9,18H2,(H2,19,20,21,22)/t10?,11?,12-,13-,14?/m1/s1. The second kappa shape index (κ2) is 5.69. The lowest BCUT2D eigenvalue weighted by molar-refractivity contribution is -0.120. The molecule has 22 heavy (non-hydrogen) atoms. The Bertz CT molecular complexity index is 555. The molecule has 3 aliphatic carbocycles. The molecule has 1 aromatic heterocycles. The lowest BCUT2D eigenvalue weighted by Crippen LogP contribution is -2.29. The lowest BCUT2D eigenvalue weighted by Gasteiger charge is -2.19. The number of amides is 1. The topological polar surface area (TPSA) is 83.8 Å². The largest absolute Gasteiger partial charge is 0.330 e. The van der Waals surface area contributed by atoms with Crippen molar-refractivity contribution in [2.24, 2.45) is 29.4 Å². The van der Waals surface area contributed by atoms with Gasteiger partial charge in [0.1, 0.15) is 0 Å². The fourth-order valence-corrected chi connectivity index (χ4v) is 5.10. The number of nitrogens with two attached hydrogens (primary N) is 1. The van der Waals surface area contributed by atoms with Gasteiger partial charge < -0.3 is 11.1 Å². The van der Waals surface area contributed by atoms with Crippen LogP contribution in [0.2, 0.25) is 0 Å². The monoisotopic (exact) mass is 302 g/mol. The molecule has 0 saturated heterocycles. The molecule has 2 bridgehead atoms. The first-order chi connectivity index (χ1) is 10.7. The Morgan fingerprint density at radius 1 is 1.32 bits per heavy atom. The highest BCUT2D eigenvalue weighted by Crippen LogP contribution is 2.52. The number of nitrogens with one attached hydrogen (secondary N) is 2. The lowest BCUT2D eigenvalue weighted by atomic mass is 9.86. The number of carbonyl (C=O) groups is 1. The van der Waals surface area contributed by atoms with E-state index in [1.165, 1.54) is 31.4 Å². The molecule has 1 heterocycles. The van der Waals surface area contributed by atoms with Gasteiger partial charge in [-0.15, -0.1) is 0 Å². The van der Waals surface area contributed by atoms with E-state index in [0.29, 0.717) is 24.2 Å². The molecule has 0 radical (unpaired) electrons. The first-order valence-corrected chi connectivity index (χ1v) is 8.81. The highest BCUT2D eigenvalue weighted by Gasteiger charge is 2.41. The van der Waals surface area contributed by atoms with Crippen LogP contribution in [0, 0.1) is 23.7 Å². The summed E-state index contributed by atoms with van der Waals surface area (Å²) >= 11 is 0. The van der Waals surface area contributed by atoms with Gasteiger partial charge in [0.2, 0.25) is 5.91 Å². The van der Waals surface area contributed by atoms with Crippen molar-refractivity contribution in [2.45, 2.75) is 50.9 Å². The van der Waals surface area contributed by atoms with Crippen LogP contribution in [0.15, 0.2) is 6.07 Å². The molecule has 120 valence electrons. The third-order valence-corrected chi connectivity index (χ3v) is 6.29. The van der Waals surface area contributed by atoms with Gasteiger partial charge in [0.05, 0.1) is 0 Å². The summed E-state index contributed by atoms with van der Waals surface area (Å²) in [4.78, 5) is 12.4. The predicted octanol–water partition coefficient (Wildman–Crippen LogP) is 2.63. The van der Waals surface area contributed by atoms with Crippen molar-refractivity contribution in [3.8, 4) is 0 Å². The van der Waals surface area contributed by atoms with Crippen LogP contribution in [0.25, 0.3) is 0 Å². The fraction of sp³-hybridized carbons (Fsp3) is 0.765. The molecule has 4 rings (SSSR count). The zero-order chi connectivity index (χ0) is 15.1. The average Bonchev–Trinajstić information content (AvgIpc) is 3.29. The van der Waals surface area contributed by atoms with Crippen molar-refractivity contribution >= 4 is 11.7 Å². The molecule has 3 aliphatic rings. The van der Waals surface area contributed by atoms with Gasteiger partial charge in [-0.3, -0.25) is 9.89 Å². The average molecular weight is 302 g/mol. The summed E-state index contributed by atoms with van der Waals surface area (Å²) in [5, 5.41) is 10.5. The Balaban J connectivity index is 1.40. The molecule has 4 N–H and O–H groups in total. The van der Waals surface area contributed by atoms with Gasteiger partial charge >= 0.3 is 0 Å². The highest BCUT2D eigenvalue weighted by atomic mass is 16.2. The number of carbonyl (C=O) groups excluding carboxylic acids is 1. The molecule has 3 unspecified atom stereocenters. The fourth-order valence-electron chi connectivity index (χ4n) is 5.10. The SMILES string of the molecule is NC[C@H]1CCC[C@H]1C(=O)Nc1cc(C2CC3CCC2C3)[nH]n1. The molecule has 3 fully saturated rings. The Morgan fingerprint density at radius 3 is 2.95 bits per heavy atom. The third kappa shape index (κ3) is 2.45. The van der Waals surface area contributed by atoms with Crippen molar-refractivity contribution in [3.63, 3.8) is 0 Å². The summed E-state index contributed by atoms with van der Waals surface area (Å²) in [5.41, 5.74) is 6.99. The molecule has 1 aromatic rings. The first kappa shape index (κ1) is 14.2. The maximum Gasteiger partial charge on any atom is 0.229 e. The van der Waals surface area contributed by atoms with Crippen molar-refractivity contribution in [1.29, 1.82) is 0 Å². The molecule has 5 nitrogen and oxygen atoms in total. The number of fused-ring (bicyclic) bond motifs is 2. The summed E-state index contributed by atoms with van der Waals surface area (Å²) in [6.45, 7) is 0.606. The second-order valence-electron chi connectivity index (χ2n) is 7.51. The number of aromatic nitrogens is 2. The number of nitrogens with zero attached hydrogens (tertiary/aromatic N) is 1. The van der Waals surface area contributed by atoms with Crippen LogP contribution in [-0.2, 0) is 4.79 Å². The molecule has 5 heteroatoms. The number of hydrogen-bond donors (Lipinski definition) is 3. The number of aromatic amines is 1. The first-order valence-electron chi connectivity index (χ1n) is 8.81. The van der Waals surface area contributed by atoms with Crippen LogP contribution < -0.4 is 11.1 Å². The van der Waals surface area contributed by atoms with Crippen LogP contribution in [0.3, 0.4) is 0 Å². The number of anilines is 1. The van der Waals surface area contributed by atoms with Gasteiger partial charge in [0.15, 0.2) is 5.82 Å². The van der Waals surface area contributed by atoms with Crippen LogP contribution in [0.4, 0.5) is 5.82 Å². The number of rotatable bonds is 4. The van der Waals surface area contributed by atoms with Crippen LogP contribution in [0.5, 0.6) is 0 Å². The molecule has 5 atom stereocenters. The van der Waals surface area contributed by atoms with E-state index in [-0.39, 0.29) is 11.8 Å². The molecule has 3 saturated carbocycles. The zero-order valence-electron chi connectivity index (χ0n) is 13.1. The van der Waals surface area contributed by atoms with Crippen molar-refractivity contribution in [1.82, 2.24) is 10.2 Å². The van der Waals surface area contributed by atoms with Gasteiger partial charge in [0.25, 0.3) is 0 Å². The van der Waals surface area contributed by atoms with E-state index in [1.54, 1.807) is 0 Å². The molecule has 0 aromatic carbocycles. The maximum absolute atomic E-state index is 12.4. The van der Waals surface area contributed by atoms with E-state index in [4.69, 9.17) is 5.73 Å². The molecular formula is C17H26N4O. The third-order valence-electron chi connectivity index (χ3n) is 6.29. The summed E-state index contributed by atoms with van der Waals surface area (Å²) in [6, 6.07) is 2.05. The van der Waals surface area contributed by atoms with Crippen molar-refractivity contribution in [3.05, 3.63) is 11.8 Å². The van der Waals surface area contributed by atoms with Crippen LogP contribution >= 0.6 is 0 Å². The van der Waals surface area contributed by atoms with E-state index < -0.39 is 0 Å². The summed E-state index contributed by atoms with van der Waals surface area (Å²) in [5.74, 6) is 3.55. The maximum atomic E-state index is 12.4. The Morgan fingerprint density at radius 2 is 2.23 bits per heavy atom. The quantitative estimate of drug-likeness (QED) is 0.799. The molecule has 0 aliphatic heterocycles. The van der Waals surface area contributed by atoms with Gasteiger partial charge in [-0.2, -0.15) is 5.10 Å². The van der Waals surface area contributed by atoms with E-state index in [2.05, 4.69) is 21.6 Å². The Labute approximate surface area is 131 Å². The van der Waals surface area contributed by atoms with Crippen LogP contribution in [0.1, 0.15) is 56.6 Å². The smallest absolute Gasteiger partial charge is 0.229 e. The second-order valence-corrected chi connectivity index (χ2v) is 7.51. The Hall–Kier alpha value is -1.36.